The number of amides is 2. The van der Waals surface area contributed by atoms with E-state index >= 15 is 0 Å². The van der Waals surface area contributed by atoms with Crippen molar-refractivity contribution in [3.8, 4) is 0 Å². The van der Waals surface area contributed by atoms with E-state index in [4.69, 9.17) is 5.11 Å². The molecule has 2 amide bonds. The summed E-state index contributed by atoms with van der Waals surface area (Å²) in [4.78, 5) is 33.8. The molecule has 1 saturated carbocycles. The van der Waals surface area contributed by atoms with Gasteiger partial charge in [0.2, 0.25) is 0 Å². The quantitative estimate of drug-likeness (QED) is 0.634. The molecule has 3 N–H and O–H groups in total. The SMILES string of the molecule is COC(=O)C[C@H](NC(=O)NCC1C(C)(C)C1(C)C)C(=O)O. The van der Waals surface area contributed by atoms with Crippen LogP contribution in [-0.2, 0) is 14.3 Å². The number of methoxy groups -OCH3 is 1. The van der Waals surface area contributed by atoms with E-state index in [2.05, 4.69) is 43.1 Å². The number of hydrogen-bond acceptors (Lipinski definition) is 4. The van der Waals surface area contributed by atoms with Gasteiger partial charge in [0.1, 0.15) is 6.04 Å². The molecule has 1 rings (SSSR count). The lowest BCUT2D eigenvalue weighted by molar-refractivity contribution is -0.147. The number of ether oxygens (including phenoxy) is 1. The van der Waals surface area contributed by atoms with Crippen LogP contribution in [-0.4, -0.2) is 42.8 Å². The Balaban J connectivity index is 2.45. The van der Waals surface area contributed by atoms with E-state index in [9.17, 15) is 14.4 Å². The third-order valence-corrected chi connectivity index (χ3v) is 4.99. The lowest BCUT2D eigenvalue weighted by Crippen LogP contribution is -2.47. The number of urea groups is 1. The van der Waals surface area contributed by atoms with E-state index in [-0.39, 0.29) is 10.8 Å². The number of hydrogen-bond donors (Lipinski definition) is 3. The Morgan fingerprint density at radius 2 is 1.71 bits per heavy atom. The van der Waals surface area contributed by atoms with E-state index in [0.717, 1.165) is 0 Å². The van der Waals surface area contributed by atoms with Crippen LogP contribution in [0.4, 0.5) is 4.79 Å². The van der Waals surface area contributed by atoms with Gasteiger partial charge in [-0.15, -0.1) is 0 Å². The molecule has 0 heterocycles. The molecule has 0 unspecified atom stereocenters. The van der Waals surface area contributed by atoms with E-state index in [1.807, 2.05) is 0 Å². The van der Waals surface area contributed by atoms with Gasteiger partial charge in [0.25, 0.3) is 0 Å². The van der Waals surface area contributed by atoms with Gasteiger partial charge in [-0.3, -0.25) is 4.79 Å². The van der Waals surface area contributed by atoms with Crippen molar-refractivity contribution in [1.82, 2.24) is 10.6 Å². The topological polar surface area (TPSA) is 105 Å². The monoisotopic (exact) mass is 300 g/mol. The molecule has 0 radical (unpaired) electrons. The molecule has 21 heavy (non-hydrogen) atoms. The number of esters is 1. The highest BCUT2D eigenvalue weighted by Crippen LogP contribution is 2.67. The van der Waals surface area contributed by atoms with Crippen LogP contribution in [0.2, 0.25) is 0 Å². The standard InChI is InChI=1S/C14H24N2O5/c1-13(2)9(14(13,3)4)7-15-12(20)16-8(11(18)19)6-10(17)21-5/h8-9H,6-7H2,1-5H3,(H,18,19)(H2,15,16,20)/t8-/m0/s1. The summed E-state index contributed by atoms with van der Waals surface area (Å²) in [7, 11) is 1.17. The van der Waals surface area contributed by atoms with Crippen molar-refractivity contribution in [2.45, 2.75) is 40.2 Å². The molecule has 1 atom stereocenters. The molecule has 1 aliphatic rings. The number of carbonyl (C=O) groups excluding carboxylic acids is 2. The second-order valence-electron chi connectivity index (χ2n) is 6.52. The number of rotatable bonds is 6. The number of aliphatic carboxylic acids is 1. The first-order valence-electron chi connectivity index (χ1n) is 6.88. The van der Waals surface area contributed by atoms with Crippen LogP contribution >= 0.6 is 0 Å². The first-order valence-corrected chi connectivity index (χ1v) is 6.88. The van der Waals surface area contributed by atoms with Gasteiger partial charge < -0.3 is 20.5 Å². The molecule has 7 nitrogen and oxygen atoms in total. The minimum Gasteiger partial charge on any atom is -0.480 e. The lowest BCUT2D eigenvalue weighted by atomic mass is 10.0. The van der Waals surface area contributed by atoms with Gasteiger partial charge >= 0.3 is 18.0 Å². The second kappa shape index (κ2) is 5.91. The second-order valence-corrected chi connectivity index (χ2v) is 6.52. The van der Waals surface area contributed by atoms with E-state index in [1.165, 1.54) is 7.11 Å². The maximum Gasteiger partial charge on any atom is 0.326 e. The highest BCUT2D eigenvalue weighted by molar-refractivity contribution is 5.86. The molecule has 0 aromatic heterocycles. The van der Waals surface area contributed by atoms with Gasteiger partial charge in [-0.1, -0.05) is 27.7 Å². The maximum absolute atomic E-state index is 11.7. The van der Waals surface area contributed by atoms with Crippen LogP contribution in [0.3, 0.4) is 0 Å². The first-order chi connectivity index (χ1) is 9.53. The molecule has 0 bridgehead atoms. The summed E-state index contributed by atoms with van der Waals surface area (Å²) in [6, 6.07) is -1.89. The Hall–Kier alpha value is -1.79. The highest BCUT2D eigenvalue weighted by atomic mass is 16.5. The van der Waals surface area contributed by atoms with Crippen LogP contribution in [0.5, 0.6) is 0 Å². The van der Waals surface area contributed by atoms with Gasteiger partial charge in [0.05, 0.1) is 13.5 Å². The van der Waals surface area contributed by atoms with Crippen LogP contribution in [0.25, 0.3) is 0 Å². The molecule has 7 heteroatoms. The summed E-state index contributed by atoms with van der Waals surface area (Å²) in [5.41, 5.74) is 0.275. The summed E-state index contributed by atoms with van der Waals surface area (Å²) in [5, 5.41) is 13.9. The minimum absolute atomic E-state index is 0.137. The summed E-state index contributed by atoms with van der Waals surface area (Å²) in [5.74, 6) is -1.63. The Morgan fingerprint density at radius 1 is 1.19 bits per heavy atom. The average Bonchev–Trinajstić information content (AvgIpc) is 2.75. The molecule has 0 aliphatic heterocycles. The number of carboxylic acid groups (broad SMARTS) is 1. The molecular formula is C14H24N2O5. The van der Waals surface area contributed by atoms with Crippen molar-refractivity contribution in [3.63, 3.8) is 0 Å². The fraction of sp³-hybridized carbons (Fsp3) is 0.786. The van der Waals surface area contributed by atoms with Crippen molar-refractivity contribution >= 4 is 18.0 Å². The fourth-order valence-electron chi connectivity index (χ4n) is 2.70. The van der Waals surface area contributed by atoms with Crippen LogP contribution in [0.15, 0.2) is 0 Å². The summed E-state index contributed by atoms with van der Waals surface area (Å²) >= 11 is 0. The van der Waals surface area contributed by atoms with Crippen molar-refractivity contribution < 1.29 is 24.2 Å². The Kier molecular flexibility index (Phi) is 4.86. The van der Waals surface area contributed by atoms with Crippen molar-refractivity contribution in [1.29, 1.82) is 0 Å². The number of nitrogens with one attached hydrogen (secondary N) is 2. The van der Waals surface area contributed by atoms with Gasteiger partial charge in [-0.2, -0.15) is 0 Å². The van der Waals surface area contributed by atoms with E-state index < -0.39 is 30.4 Å². The normalized spacial score (nSPS) is 20.2. The molecule has 1 aliphatic carbocycles. The molecule has 0 spiro atoms. The number of carboxylic acids is 1. The van der Waals surface area contributed by atoms with Gasteiger partial charge in [0.15, 0.2) is 0 Å². The molecule has 0 saturated heterocycles. The lowest BCUT2D eigenvalue weighted by Gasteiger charge is -2.14. The molecule has 120 valence electrons. The van der Waals surface area contributed by atoms with Crippen LogP contribution < -0.4 is 10.6 Å². The first kappa shape index (κ1) is 17.3. The molecule has 0 aromatic carbocycles. The van der Waals surface area contributed by atoms with Gasteiger partial charge in [-0.25, -0.2) is 9.59 Å². The Bertz CT molecular complexity index is 431. The van der Waals surface area contributed by atoms with Gasteiger partial charge in [-0.05, 0) is 16.7 Å². The van der Waals surface area contributed by atoms with Crippen molar-refractivity contribution in [2.24, 2.45) is 16.7 Å². The van der Waals surface area contributed by atoms with E-state index in [0.29, 0.717) is 12.5 Å². The predicted octanol–water partition coefficient (Wildman–Crippen LogP) is 0.984. The number of carbonyl (C=O) groups is 3. The van der Waals surface area contributed by atoms with Crippen LogP contribution in [0.1, 0.15) is 34.1 Å². The highest BCUT2D eigenvalue weighted by Gasteiger charge is 2.64. The Labute approximate surface area is 124 Å². The summed E-state index contributed by atoms with van der Waals surface area (Å²) in [6.07, 6.45) is -0.403. The fourth-order valence-corrected chi connectivity index (χ4v) is 2.70. The summed E-state index contributed by atoms with van der Waals surface area (Å²) in [6.45, 7) is 9.00. The maximum atomic E-state index is 11.7. The molecule has 1 fully saturated rings. The smallest absolute Gasteiger partial charge is 0.326 e. The Morgan fingerprint density at radius 3 is 2.10 bits per heavy atom. The van der Waals surface area contributed by atoms with Crippen LogP contribution in [0, 0.1) is 16.7 Å². The minimum atomic E-state index is -1.29. The van der Waals surface area contributed by atoms with Crippen molar-refractivity contribution in [2.75, 3.05) is 13.7 Å². The third-order valence-electron chi connectivity index (χ3n) is 4.99. The third kappa shape index (κ3) is 3.65. The molecular weight excluding hydrogens is 276 g/mol. The summed E-state index contributed by atoms with van der Waals surface area (Å²) < 4.78 is 4.40. The van der Waals surface area contributed by atoms with Gasteiger partial charge in [0, 0.05) is 6.54 Å². The zero-order valence-electron chi connectivity index (χ0n) is 13.1. The average molecular weight is 300 g/mol. The predicted molar refractivity (Wildman–Crippen MR) is 75.6 cm³/mol. The largest absolute Gasteiger partial charge is 0.480 e. The van der Waals surface area contributed by atoms with E-state index in [1.54, 1.807) is 0 Å². The van der Waals surface area contributed by atoms with Crippen molar-refractivity contribution in [3.05, 3.63) is 0 Å². The zero-order chi connectivity index (χ0) is 16.4. The zero-order valence-corrected chi connectivity index (χ0v) is 13.1. The molecule has 0 aromatic rings.